The molecular weight excluding hydrogens is 350 g/mol. The fraction of sp³-hybridized carbons (Fsp3) is 0.105. The zero-order valence-electron chi connectivity index (χ0n) is 14.2. The van der Waals surface area contributed by atoms with Crippen LogP contribution in [-0.4, -0.2) is 33.2 Å². The Kier molecular flexibility index (Phi) is 4.80. The van der Waals surface area contributed by atoms with Gasteiger partial charge >= 0.3 is 5.97 Å². The molecule has 8 heteroatoms. The van der Waals surface area contributed by atoms with Crippen LogP contribution in [0.3, 0.4) is 0 Å². The number of benzene rings is 2. The Morgan fingerprint density at radius 1 is 1.11 bits per heavy atom. The highest BCUT2D eigenvalue weighted by molar-refractivity contribution is 6.03. The number of hydrogen-bond donors (Lipinski definition) is 4. The molecule has 0 saturated carbocycles. The smallest absolute Gasteiger partial charge is 0.322 e. The van der Waals surface area contributed by atoms with Gasteiger partial charge < -0.3 is 25.8 Å². The first-order valence-electron chi connectivity index (χ1n) is 8.07. The van der Waals surface area contributed by atoms with E-state index in [1.807, 2.05) is 30.3 Å². The van der Waals surface area contributed by atoms with Gasteiger partial charge in [0, 0.05) is 11.1 Å². The van der Waals surface area contributed by atoms with Crippen LogP contribution in [0.4, 0.5) is 5.69 Å². The summed E-state index contributed by atoms with van der Waals surface area (Å²) in [6, 6.07) is 13.7. The van der Waals surface area contributed by atoms with Crippen molar-refractivity contribution < 1.29 is 19.8 Å². The third kappa shape index (κ3) is 3.59. The van der Waals surface area contributed by atoms with Gasteiger partial charge in [0.2, 0.25) is 0 Å². The monoisotopic (exact) mass is 367 g/mol. The maximum absolute atomic E-state index is 13.0. The van der Waals surface area contributed by atoms with Gasteiger partial charge in [0.25, 0.3) is 11.5 Å². The minimum absolute atomic E-state index is 0.152. The first-order chi connectivity index (χ1) is 12.9. The van der Waals surface area contributed by atoms with Gasteiger partial charge in [0.05, 0.1) is 12.1 Å². The van der Waals surface area contributed by atoms with Crippen molar-refractivity contribution in [3.05, 3.63) is 70.0 Å². The van der Waals surface area contributed by atoms with Crippen molar-refractivity contribution in [1.29, 1.82) is 0 Å². The quantitative estimate of drug-likeness (QED) is 0.500. The molecule has 0 radical (unpaired) electrons. The van der Waals surface area contributed by atoms with Crippen molar-refractivity contribution in [2.45, 2.75) is 6.54 Å². The molecule has 0 aliphatic carbocycles. The second kappa shape index (κ2) is 7.20. The molecule has 8 nitrogen and oxygen atoms in total. The van der Waals surface area contributed by atoms with E-state index in [2.05, 4.69) is 5.32 Å². The molecule has 3 rings (SSSR count). The van der Waals surface area contributed by atoms with Crippen LogP contribution >= 0.6 is 0 Å². The fourth-order valence-electron chi connectivity index (χ4n) is 2.82. The minimum atomic E-state index is -1.26. The number of pyridine rings is 1. The fourth-order valence-corrected chi connectivity index (χ4v) is 2.82. The molecule has 0 atom stereocenters. The van der Waals surface area contributed by atoms with Crippen LogP contribution in [-0.2, 0) is 11.3 Å². The van der Waals surface area contributed by atoms with Crippen molar-refractivity contribution >= 4 is 28.5 Å². The topological polar surface area (TPSA) is 135 Å². The van der Waals surface area contributed by atoms with E-state index in [0.29, 0.717) is 11.2 Å². The second-order valence-corrected chi connectivity index (χ2v) is 5.95. The number of carboxylic acid groups (broad SMARTS) is 1. The van der Waals surface area contributed by atoms with Crippen molar-refractivity contribution in [2.75, 3.05) is 12.3 Å². The molecule has 2 aromatic carbocycles. The lowest BCUT2D eigenvalue weighted by Crippen LogP contribution is -2.36. The summed E-state index contributed by atoms with van der Waals surface area (Å²) in [5.41, 5.74) is 6.15. The number of amides is 1. The van der Waals surface area contributed by atoms with E-state index < -0.39 is 35.3 Å². The van der Waals surface area contributed by atoms with Gasteiger partial charge in [-0.15, -0.1) is 0 Å². The van der Waals surface area contributed by atoms with Crippen LogP contribution in [0.2, 0.25) is 0 Å². The second-order valence-electron chi connectivity index (χ2n) is 5.95. The maximum atomic E-state index is 13.0. The highest BCUT2D eigenvalue weighted by Gasteiger charge is 2.22. The molecule has 0 fully saturated rings. The standard InChI is InChI=1S/C19H17N3O5/c20-12-6-7-13-14(8-12)22(10-11-4-2-1-3-5-11)19(27)16(17(13)25)18(26)21-9-15(23)24/h1-8,25H,9-10,20H2,(H,21,26)(H,23,24). The van der Waals surface area contributed by atoms with E-state index in [0.717, 1.165) is 5.56 Å². The zero-order valence-corrected chi connectivity index (χ0v) is 14.2. The average molecular weight is 367 g/mol. The first-order valence-corrected chi connectivity index (χ1v) is 8.07. The Hall–Kier alpha value is -3.81. The third-order valence-corrected chi connectivity index (χ3v) is 4.07. The van der Waals surface area contributed by atoms with Gasteiger partial charge in [-0.1, -0.05) is 30.3 Å². The number of aromatic nitrogens is 1. The van der Waals surface area contributed by atoms with Crippen LogP contribution in [0.25, 0.3) is 10.9 Å². The number of nitrogens with zero attached hydrogens (tertiary/aromatic N) is 1. The third-order valence-electron chi connectivity index (χ3n) is 4.07. The molecule has 138 valence electrons. The minimum Gasteiger partial charge on any atom is -0.506 e. The number of carbonyl (C=O) groups excluding carboxylic acids is 1. The normalized spacial score (nSPS) is 10.7. The summed E-state index contributed by atoms with van der Waals surface area (Å²) in [5.74, 6) is -2.73. The van der Waals surface area contributed by atoms with Gasteiger partial charge in [-0.25, -0.2) is 0 Å². The molecule has 1 aromatic heterocycles. The molecule has 0 bridgehead atoms. The molecule has 0 aliphatic rings. The number of fused-ring (bicyclic) bond motifs is 1. The lowest BCUT2D eigenvalue weighted by Gasteiger charge is -2.15. The SMILES string of the molecule is Nc1ccc2c(O)c(C(=O)NCC(=O)O)c(=O)n(Cc3ccccc3)c2c1. The largest absolute Gasteiger partial charge is 0.506 e. The summed E-state index contributed by atoms with van der Waals surface area (Å²) in [6.45, 7) is -0.519. The molecule has 1 amide bonds. The van der Waals surface area contributed by atoms with E-state index in [1.54, 1.807) is 12.1 Å². The molecule has 0 unspecified atom stereocenters. The van der Waals surface area contributed by atoms with Gasteiger partial charge in [0.15, 0.2) is 0 Å². The van der Waals surface area contributed by atoms with E-state index in [-0.39, 0.29) is 11.9 Å². The number of hydrogen-bond acceptors (Lipinski definition) is 5. The number of rotatable bonds is 5. The van der Waals surface area contributed by atoms with E-state index >= 15 is 0 Å². The number of anilines is 1. The Morgan fingerprint density at radius 2 is 1.81 bits per heavy atom. The van der Waals surface area contributed by atoms with Crippen LogP contribution in [0.15, 0.2) is 53.3 Å². The maximum Gasteiger partial charge on any atom is 0.322 e. The van der Waals surface area contributed by atoms with Crippen molar-refractivity contribution in [3.8, 4) is 5.75 Å². The van der Waals surface area contributed by atoms with Crippen molar-refractivity contribution in [1.82, 2.24) is 9.88 Å². The molecule has 3 aromatic rings. The number of nitrogen functional groups attached to an aromatic ring is 1. The molecule has 5 N–H and O–H groups in total. The van der Waals surface area contributed by atoms with Crippen LogP contribution < -0.4 is 16.6 Å². The van der Waals surface area contributed by atoms with Crippen molar-refractivity contribution in [3.63, 3.8) is 0 Å². The van der Waals surface area contributed by atoms with Gasteiger partial charge in [-0.3, -0.25) is 14.4 Å². The van der Waals surface area contributed by atoms with E-state index in [1.165, 1.54) is 10.6 Å². The summed E-state index contributed by atoms with van der Waals surface area (Å²) in [4.78, 5) is 36.0. The first kappa shape index (κ1) is 18.0. The molecule has 27 heavy (non-hydrogen) atoms. The highest BCUT2D eigenvalue weighted by atomic mass is 16.4. The highest BCUT2D eigenvalue weighted by Crippen LogP contribution is 2.28. The predicted octanol–water partition coefficient (Wildman–Crippen LogP) is 1.15. The van der Waals surface area contributed by atoms with Crippen LogP contribution in [0.1, 0.15) is 15.9 Å². The zero-order chi connectivity index (χ0) is 19.6. The molecule has 0 aliphatic heterocycles. The molecule has 0 saturated heterocycles. The predicted molar refractivity (Wildman–Crippen MR) is 99.8 cm³/mol. The summed E-state index contributed by atoms with van der Waals surface area (Å²) in [6.07, 6.45) is 0. The number of aliphatic carboxylic acids is 1. The molecule has 0 spiro atoms. The summed E-state index contributed by atoms with van der Waals surface area (Å²) >= 11 is 0. The number of carbonyl (C=O) groups is 2. The van der Waals surface area contributed by atoms with Crippen molar-refractivity contribution in [2.24, 2.45) is 0 Å². The van der Waals surface area contributed by atoms with E-state index in [4.69, 9.17) is 10.8 Å². The summed E-state index contributed by atoms with van der Waals surface area (Å²) in [7, 11) is 0. The Morgan fingerprint density at radius 3 is 2.48 bits per heavy atom. The molecular formula is C19H17N3O5. The summed E-state index contributed by atoms with van der Waals surface area (Å²) in [5, 5.41) is 21.6. The number of aromatic hydroxyl groups is 1. The lowest BCUT2D eigenvalue weighted by molar-refractivity contribution is -0.135. The van der Waals surface area contributed by atoms with Crippen LogP contribution in [0.5, 0.6) is 5.75 Å². The number of carboxylic acids is 1. The van der Waals surface area contributed by atoms with E-state index in [9.17, 15) is 19.5 Å². The number of nitrogens with two attached hydrogens (primary N) is 1. The summed E-state index contributed by atoms with van der Waals surface area (Å²) < 4.78 is 1.33. The Bertz CT molecular complexity index is 1090. The lowest BCUT2D eigenvalue weighted by atomic mass is 10.1. The van der Waals surface area contributed by atoms with Gasteiger partial charge in [-0.05, 0) is 23.8 Å². The molecule has 1 heterocycles. The Balaban J connectivity index is 2.22. The van der Waals surface area contributed by atoms with Gasteiger partial charge in [-0.2, -0.15) is 0 Å². The number of nitrogens with one attached hydrogen (secondary N) is 1. The average Bonchev–Trinajstić information content (AvgIpc) is 2.64. The Labute approximate surface area is 153 Å². The van der Waals surface area contributed by atoms with Gasteiger partial charge in [0.1, 0.15) is 17.9 Å². The van der Waals surface area contributed by atoms with Crippen LogP contribution in [0, 0.1) is 0 Å².